The van der Waals surface area contributed by atoms with Crippen molar-refractivity contribution in [2.24, 2.45) is 5.14 Å². The topological polar surface area (TPSA) is 115 Å². The van der Waals surface area contributed by atoms with E-state index in [1.54, 1.807) is 0 Å². The van der Waals surface area contributed by atoms with Gasteiger partial charge in [0.05, 0.1) is 19.6 Å². The maximum absolute atomic E-state index is 12.0. The molecular weight excluding hydrogens is 338 g/mol. The molecule has 0 unspecified atom stereocenters. The summed E-state index contributed by atoms with van der Waals surface area (Å²) in [4.78, 5) is 12.0. The number of anilines is 1. The number of rotatable bonds is 7. The highest BCUT2D eigenvalue weighted by atomic mass is 35.5. The van der Waals surface area contributed by atoms with Gasteiger partial charge in [-0.25, -0.2) is 13.6 Å². The molecule has 0 aromatic carbocycles. The highest BCUT2D eigenvalue weighted by Crippen LogP contribution is 2.18. The molecule has 3 N–H and O–H groups in total. The highest BCUT2D eigenvalue weighted by molar-refractivity contribution is 7.91. The lowest BCUT2D eigenvalue weighted by atomic mass is 10.3. The molecule has 11 heteroatoms. The quantitative estimate of drug-likeness (QED) is 0.399. The second kappa shape index (κ2) is 7.99. The Morgan fingerprint density at radius 3 is 2.14 bits per heavy atom. The molecule has 1 aromatic heterocycles. The van der Waals surface area contributed by atoms with Crippen LogP contribution in [-0.4, -0.2) is 55.2 Å². The van der Waals surface area contributed by atoms with Gasteiger partial charge >= 0.3 is 0 Å². The van der Waals surface area contributed by atoms with Crippen molar-refractivity contribution in [1.82, 2.24) is 10.2 Å². The minimum atomic E-state index is -3.88. The fourth-order valence-corrected chi connectivity index (χ4v) is 3.19. The lowest BCUT2D eigenvalue weighted by Crippen LogP contribution is -3.00. The molecule has 122 valence electrons. The summed E-state index contributed by atoms with van der Waals surface area (Å²) in [5.74, 6) is -0.215. The molecule has 0 atom stereocenters. The molecule has 8 nitrogen and oxygen atoms in total. The SMILES string of the molecule is CC[N+](CC)(CC)CC(=O)Nc1nnc(S(N)(=O)=O)s1.[Cl-]. The molecule has 1 rings (SSSR count). The van der Waals surface area contributed by atoms with E-state index < -0.39 is 10.0 Å². The number of quaternary nitrogens is 1. The average molecular weight is 358 g/mol. The Balaban J connectivity index is 0.00000400. The molecule has 0 fully saturated rings. The van der Waals surface area contributed by atoms with Gasteiger partial charge in [-0.15, -0.1) is 10.2 Å². The van der Waals surface area contributed by atoms with Crippen molar-refractivity contribution in [3.05, 3.63) is 0 Å². The summed E-state index contributed by atoms with van der Waals surface area (Å²) < 4.78 is 22.5. The zero-order chi connectivity index (χ0) is 15.4. The molecule has 0 saturated carbocycles. The van der Waals surface area contributed by atoms with E-state index >= 15 is 0 Å². The first-order valence-corrected chi connectivity index (χ1v) is 8.64. The van der Waals surface area contributed by atoms with E-state index in [1.165, 1.54) is 0 Å². The highest BCUT2D eigenvalue weighted by Gasteiger charge is 2.25. The summed E-state index contributed by atoms with van der Waals surface area (Å²) in [6.07, 6.45) is 0. The van der Waals surface area contributed by atoms with E-state index in [4.69, 9.17) is 5.14 Å². The summed E-state index contributed by atoms with van der Waals surface area (Å²) in [7, 11) is -3.88. The van der Waals surface area contributed by atoms with E-state index in [1.807, 2.05) is 20.8 Å². The molecule has 0 spiro atoms. The Kier molecular flexibility index (Phi) is 7.68. The summed E-state index contributed by atoms with van der Waals surface area (Å²) >= 11 is 0.743. The fraction of sp³-hybridized carbons (Fsp3) is 0.700. The first-order chi connectivity index (χ1) is 9.26. The molecule has 1 amide bonds. The van der Waals surface area contributed by atoms with Gasteiger partial charge in [0, 0.05) is 0 Å². The van der Waals surface area contributed by atoms with Gasteiger partial charge in [0.15, 0.2) is 6.54 Å². The third kappa shape index (κ3) is 5.47. The Morgan fingerprint density at radius 1 is 1.24 bits per heavy atom. The second-order valence-electron chi connectivity index (χ2n) is 4.41. The van der Waals surface area contributed by atoms with Crippen molar-refractivity contribution in [3.63, 3.8) is 0 Å². The van der Waals surface area contributed by atoms with Crippen molar-refractivity contribution >= 4 is 32.4 Å². The van der Waals surface area contributed by atoms with Crippen molar-refractivity contribution in [3.8, 4) is 0 Å². The van der Waals surface area contributed by atoms with Crippen LogP contribution in [0.5, 0.6) is 0 Å². The number of amides is 1. The summed E-state index contributed by atoms with van der Waals surface area (Å²) in [6.45, 7) is 8.95. The van der Waals surface area contributed by atoms with Crippen molar-refractivity contribution in [2.75, 3.05) is 31.5 Å². The lowest BCUT2D eigenvalue weighted by molar-refractivity contribution is -0.915. The van der Waals surface area contributed by atoms with Gasteiger partial charge in [-0.05, 0) is 20.8 Å². The smallest absolute Gasteiger partial charge is 0.281 e. The standard InChI is InChI=1S/C10H19N5O3S2.ClH/c1-4-15(5-2,6-3)7-8(16)12-9-13-14-10(19-9)20(11,17)18;/h4-7H2,1-3H3,(H2-,11,12,13,16,17,18);1H. The number of hydrogen-bond donors (Lipinski definition) is 2. The van der Waals surface area contributed by atoms with Gasteiger partial charge in [-0.1, -0.05) is 11.3 Å². The monoisotopic (exact) mass is 357 g/mol. The summed E-state index contributed by atoms with van der Waals surface area (Å²) in [5.41, 5.74) is 0. The molecule has 1 aromatic rings. The van der Waals surface area contributed by atoms with E-state index in [0.717, 1.165) is 31.0 Å². The van der Waals surface area contributed by atoms with Crippen LogP contribution < -0.4 is 22.9 Å². The predicted octanol–water partition coefficient (Wildman–Crippen LogP) is -3.00. The number of primary sulfonamides is 1. The van der Waals surface area contributed by atoms with Gasteiger partial charge in [0.25, 0.3) is 15.9 Å². The fourth-order valence-electron chi connectivity index (χ4n) is 1.84. The first-order valence-electron chi connectivity index (χ1n) is 6.27. The third-order valence-corrected chi connectivity index (χ3v) is 5.54. The number of likely N-dealkylation sites (N-methyl/N-ethyl adjacent to an activating group) is 1. The van der Waals surface area contributed by atoms with Crippen LogP contribution in [0.1, 0.15) is 20.8 Å². The number of nitrogens with two attached hydrogens (primary N) is 1. The third-order valence-electron chi connectivity index (χ3n) is 3.39. The molecule has 21 heavy (non-hydrogen) atoms. The zero-order valence-corrected chi connectivity index (χ0v) is 14.6. The molecule has 0 saturated heterocycles. The number of halogens is 1. The van der Waals surface area contributed by atoms with Crippen LogP contribution in [0.15, 0.2) is 4.34 Å². The van der Waals surface area contributed by atoms with Crippen LogP contribution in [0, 0.1) is 0 Å². The van der Waals surface area contributed by atoms with Crippen molar-refractivity contribution in [1.29, 1.82) is 0 Å². The average Bonchev–Trinajstić information content (AvgIpc) is 2.84. The number of sulfonamides is 1. The molecule has 0 aliphatic carbocycles. The number of carbonyl (C=O) groups excluding carboxylic acids is 1. The molecule has 0 aliphatic rings. The minimum Gasteiger partial charge on any atom is -1.00 e. The minimum absolute atomic E-state index is 0. The number of aromatic nitrogens is 2. The van der Waals surface area contributed by atoms with Gasteiger partial charge in [-0.2, -0.15) is 0 Å². The molecular formula is C10H20ClN5O3S2. The van der Waals surface area contributed by atoms with Crippen LogP contribution in [0.3, 0.4) is 0 Å². The molecule has 0 aliphatic heterocycles. The van der Waals surface area contributed by atoms with Crippen LogP contribution in [-0.2, 0) is 14.8 Å². The Bertz CT molecular complexity index is 563. The van der Waals surface area contributed by atoms with Crippen molar-refractivity contribution in [2.45, 2.75) is 25.1 Å². The second-order valence-corrected chi connectivity index (χ2v) is 7.13. The van der Waals surface area contributed by atoms with E-state index in [0.29, 0.717) is 11.0 Å². The maximum atomic E-state index is 12.0. The number of nitrogens with one attached hydrogen (secondary N) is 1. The van der Waals surface area contributed by atoms with Gasteiger partial charge in [-0.3, -0.25) is 10.1 Å². The van der Waals surface area contributed by atoms with E-state index in [9.17, 15) is 13.2 Å². The number of nitrogens with zero attached hydrogens (tertiary/aromatic N) is 3. The maximum Gasteiger partial charge on any atom is 0.281 e. The Morgan fingerprint density at radius 2 is 1.76 bits per heavy atom. The normalized spacial score (nSPS) is 11.8. The van der Waals surface area contributed by atoms with E-state index in [2.05, 4.69) is 15.5 Å². The van der Waals surface area contributed by atoms with Gasteiger partial charge in [0.1, 0.15) is 0 Å². The van der Waals surface area contributed by atoms with Crippen molar-refractivity contribution < 1.29 is 30.1 Å². The number of hydrogen-bond acceptors (Lipinski definition) is 6. The number of carbonyl (C=O) groups is 1. The summed E-state index contributed by atoms with van der Waals surface area (Å²) in [6, 6.07) is 0. The van der Waals surface area contributed by atoms with Crippen LogP contribution in [0.25, 0.3) is 0 Å². The van der Waals surface area contributed by atoms with Crippen LogP contribution in [0.4, 0.5) is 5.13 Å². The van der Waals surface area contributed by atoms with Gasteiger partial charge in [0.2, 0.25) is 9.47 Å². The molecule has 0 radical (unpaired) electrons. The van der Waals surface area contributed by atoms with Gasteiger partial charge < -0.3 is 16.9 Å². The Hall–Kier alpha value is -0.810. The molecule has 0 bridgehead atoms. The largest absolute Gasteiger partial charge is 1.00 e. The first kappa shape index (κ1) is 20.2. The Labute approximate surface area is 134 Å². The predicted molar refractivity (Wildman–Crippen MR) is 76.7 cm³/mol. The van der Waals surface area contributed by atoms with Crippen LogP contribution in [0.2, 0.25) is 0 Å². The zero-order valence-electron chi connectivity index (χ0n) is 12.2. The summed E-state index contributed by atoms with van der Waals surface area (Å²) in [5, 5.41) is 14.7. The lowest BCUT2D eigenvalue weighted by Gasteiger charge is -2.34. The van der Waals surface area contributed by atoms with Crippen LogP contribution >= 0.6 is 11.3 Å². The van der Waals surface area contributed by atoms with E-state index in [-0.39, 0.29) is 27.8 Å². The molecule has 1 heterocycles.